The average Bonchev–Trinajstić information content (AvgIpc) is 3.12. The van der Waals surface area contributed by atoms with Crippen molar-refractivity contribution in [2.45, 2.75) is 25.7 Å². The molecule has 2 aromatic carbocycles. The molecule has 2 aromatic rings. The summed E-state index contributed by atoms with van der Waals surface area (Å²) in [5.41, 5.74) is 2.80. The molecule has 26 heavy (non-hydrogen) atoms. The van der Waals surface area contributed by atoms with Gasteiger partial charge in [0.15, 0.2) is 11.5 Å². The summed E-state index contributed by atoms with van der Waals surface area (Å²) in [4.78, 5) is 17.6. The second-order valence-corrected chi connectivity index (χ2v) is 6.49. The second kappa shape index (κ2) is 8.10. The van der Waals surface area contributed by atoms with Gasteiger partial charge in [0, 0.05) is 12.5 Å². The summed E-state index contributed by atoms with van der Waals surface area (Å²) < 4.78 is 16.2. The summed E-state index contributed by atoms with van der Waals surface area (Å²) >= 11 is 0. The van der Waals surface area contributed by atoms with Crippen LogP contribution in [0.5, 0.6) is 17.2 Å². The number of hydroxylamine groups is 1. The highest BCUT2D eigenvalue weighted by Crippen LogP contribution is 2.35. The predicted molar refractivity (Wildman–Crippen MR) is 96.2 cm³/mol. The molecule has 0 saturated carbocycles. The molecule has 0 fully saturated rings. The largest absolute Gasteiger partial charge is 0.493 e. The summed E-state index contributed by atoms with van der Waals surface area (Å²) in [5.74, 6) is 1.95. The van der Waals surface area contributed by atoms with E-state index in [1.807, 2.05) is 56.3 Å². The fourth-order valence-electron chi connectivity index (χ4n) is 2.52. The molecule has 0 unspecified atom stereocenters. The van der Waals surface area contributed by atoms with Crippen LogP contribution in [0.25, 0.3) is 0 Å². The Morgan fingerprint density at radius 3 is 2.65 bits per heavy atom. The van der Waals surface area contributed by atoms with E-state index in [-0.39, 0.29) is 12.7 Å². The molecule has 6 nitrogen and oxygen atoms in total. The Labute approximate surface area is 153 Å². The summed E-state index contributed by atoms with van der Waals surface area (Å²) in [7, 11) is 0. The number of fused-ring (bicyclic) bond motifs is 1. The number of nitrogens with one attached hydrogen (secondary N) is 1. The van der Waals surface area contributed by atoms with Gasteiger partial charge in [0.2, 0.25) is 6.79 Å². The molecule has 1 aliphatic heterocycles. The predicted octanol–water partition coefficient (Wildman–Crippen LogP) is 3.21. The number of carbonyl (C=O) groups is 1. The van der Waals surface area contributed by atoms with Gasteiger partial charge in [0.25, 0.3) is 5.91 Å². The van der Waals surface area contributed by atoms with Crippen LogP contribution in [-0.2, 0) is 15.0 Å². The highest BCUT2D eigenvalue weighted by molar-refractivity contribution is 5.86. The normalized spacial score (nSPS) is 12.7. The summed E-state index contributed by atoms with van der Waals surface area (Å²) in [6, 6.07) is 15.1. The summed E-state index contributed by atoms with van der Waals surface area (Å²) in [6.07, 6.45) is 0.639. The number of amides is 1. The molecule has 0 atom stereocenters. The number of benzene rings is 2. The minimum Gasteiger partial charge on any atom is -0.493 e. The molecular weight excluding hydrogens is 334 g/mol. The third-order valence-electron chi connectivity index (χ3n) is 4.23. The number of ether oxygens (including phenoxy) is 3. The van der Waals surface area contributed by atoms with Crippen molar-refractivity contribution in [3.63, 3.8) is 0 Å². The van der Waals surface area contributed by atoms with E-state index in [4.69, 9.17) is 19.0 Å². The van der Waals surface area contributed by atoms with Gasteiger partial charge in [-0.2, -0.15) is 0 Å². The SMILES string of the molecule is CC(C)(C(=O)NOCCCOc1ccc2c(c1)OCO2)c1ccccc1. The van der Waals surface area contributed by atoms with Crippen LogP contribution in [0, 0.1) is 0 Å². The highest BCUT2D eigenvalue weighted by Gasteiger charge is 2.29. The zero-order valence-electron chi connectivity index (χ0n) is 15.0. The van der Waals surface area contributed by atoms with Crippen molar-refractivity contribution in [2.24, 2.45) is 0 Å². The van der Waals surface area contributed by atoms with Crippen molar-refractivity contribution < 1.29 is 23.8 Å². The Morgan fingerprint density at radius 1 is 1.08 bits per heavy atom. The maximum atomic E-state index is 12.3. The van der Waals surface area contributed by atoms with E-state index < -0.39 is 5.41 Å². The van der Waals surface area contributed by atoms with Gasteiger partial charge in [0.05, 0.1) is 18.6 Å². The molecule has 138 valence electrons. The van der Waals surface area contributed by atoms with Crippen molar-refractivity contribution in [1.29, 1.82) is 0 Å². The molecule has 0 radical (unpaired) electrons. The van der Waals surface area contributed by atoms with E-state index >= 15 is 0 Å². The Hall–Kier alpha value is -2.73. The molecular formula is C20H23NO5. The van der Waals surface area contributed by atoms with E-state index in [0.717, 1.165) is 11.3 Å². The third-order valence-corrected chi connectivity index (χ3v) is 4.23. The number of carbonyl (C=O) groups excluding carboxylic acids is 1. The van der Waals surface area contributed by atoms with Gasteiger partial charge in [0.1, 0.15) is 5.75 Å². The van der Waals surface area contributed by atoms with Gasteiger partial charge < -0.3 is 14.2 Å². The summed E-state index contributed by atoms with van der Waals surface area (Å²) in [5, 5.41) is 0. The average molecular weight is 357 g/mol. The molecule has 1 N–H and O–H groups in total. The first-order chi connectivity index (χ1) is 12.6. The van der Waals surface area contributed by atoms with E-state index in [1.54, 1.807) is 6.07 Å². The third kappa shape index (κ3) is 4.26. The molecule has 6 heteroatoms. The first-order valence-corrected chi connectivity index (χ1v) is 8.57. The topological polar surface area (TPSA) is 66.0 Å². The van der Waals surface area contributed by atoms with Gasteiger partial charge in [-0.1, -0.05) is 30.3 Å². The van der Waals surface area contributed by atoms with E-state index in [1.165, 1.54) is 0 Å². The molecule has 0 bridgehead atoms. The van der Waals surface area contributed by atoms with Gasteiger partial charge in [-0.15, -0.1) is 0 Å². The van der Waals surface area contributed by atoms with E-state index in [9.17, 15) is 4.79 Å². The van der Waals surface area contributed by atoms with Crippen LogP contribution in [0.2, 0.25) is 0 Å². The van der Waals surface area contributed by atoms with Crippen molar-refractivity contribution >= 4 is 5.91 Å². The van der Waals surface area contributed by atoms with Crippen molar-refractivity contribution in [3.8, 4) is 17.2 Å². The lowest BCUT2D eigenvalue weighted by Crippen LogP contribution is -2.40. The van der Waals surface area contributed by atoms with Crippen LogP contribution in [0.15, 0.2) is 48.5 Å². The molecule has 1 amide bonds. The fourth-order valence-corrected chi connectivity index (χ4v) is 2.52. The van der Waals surface area contributed by atoms with Gasteiger partial charge >= 0.3 is 0 Å². The standard InChI is InChI=1S/C20H23NO5/c1-20(2,15-7-4-3-5-8-15)19(22)21-26-12-6-11-23-16-9-10-17-18(13-16)25-14-24-17/h3-5,7-10,13H,6,11-12,14H2,1-2H3,(H,21,22). The van der Waals surface area contributed by atoms with Crippen molar-refractivity contribution in [1.82, 2.24) is 5.48 Å². The molecule has 0 aliphatic carbocycles. The van der Waals surface area contributed by atoms with Crippen LogP contribution in [0.1, 0.15) is 25.8 Å². The minimum absolute atomic E-state index is 0.180. The lowest BCUT2D eigenvalue weighted by atomic mass is 9.84. The highest BCUT2D eigenvalue weighted by atomic mass is 16.7. The second-order valence-electron chi connectivity index (χ2n) is 6.49. The van der Waals surface area contributed by atoms with Crippen LogP contribution in [0.4, 0.5) is 0 Å². The smallest absolute Gasteiger partial charge is 0.253 e. The molecule has 3 rings (SSSR count). The van der Waals surface area contributed by atoms with Crippen molar-refractivity contribution in [2.75, 3.05) is 20.0 Å². The number of hydrogen-bond acceptors (Lipinski definition) is 5. The molecule has 1 aliphatic rings. The Kier molecular flexibility index (Phi) is 5.63. The van der Waals surface area contributed by atoms with Crippen molar-refractivity contribution in [3.05, 3.63) is 54.1 Å². The zero-order chi connectivity index (χ0) is 18.4. The first-order valence-electron chi connectivity index (χ1n) is 8.57. The Balaban J connectivity index is 1.36. The quantitative estimate of drug-likeness (QED) is 0.580. The fraction of sp³-hybridized carbons (Fsp3) is 0.350. The molecule has 0 saturated heterocycles. The van der Waals surface area contributed by atoms with E-state index in [0.29, 0.717) is 31.1 Å². The van der Waals surface area contributed by atoms with Crippen LogP contribution in [0.3, 0.4) is 0 Å². The van der Waals surface area contributed by atoms with Gasteiger partial charge in [-0.25, -0.2) is 5.48 Å². The van der Waals surface area contributed by atoms with Gasteiger partial charge in [-0.05, 0) is 31.5 Å². The molecule has 0 spiro atoms. The lowest BCUT2D eigenvalue weighted by Gasteiger charge is -2.23. The molecule has 1 heterocycles. The number of hydrogen-bond donors (Lipinski definition) is 1. The molecule has 0 aromatic heterocycles. The monoisotopic (exact) mass is 357 g/mol. The first kappa shape index (κ1) is 18.1. The van der Waals surface area contributed by atoms with E-state index in [2.05, 4.69) is 5.48 Å². The zero-order valence-corrected chi connectivity index (χ0v) is 15.0. The lowest BCUT2D eigenvalue weighted by molar-refractivity contribution is -0.138. The Morgan fingerprint density at radius 2 is 1.85 bits per heavy atom. The van der Waals surface area contributed by atoms with Crippen LogP contribution < -0.4 is 19.7 Å². The maximum absolute atomic E-state index is 12.3. The Bertz CT molecular complexity index is 745. The van der Waals surface area contributed by atoms with Crippen LogP contribution in [-0.4, -0.2) is 25.9 Å². The number of rotatable bonds is 8. The van der Waals surface area contributed by atoms with Crippen LogP contribution >= 0.6 is 0 Å². The summed E-state index contributed by atoms with van der Waals surface area (Å²) in [6.45, 7) is 4.80. The minimum atomic E-state index is -0.662. The van der Waals surface area contributed by atoms with Gasteiger partial charge in [-0.3, -0.25) is 9.63 Å². The maximum Gasteiger partial charge on any atom is 0.253 e.